The van der Waals surface area contributed by atoms with Crippen LogP contribution in [0.25, 0.3) is 17.0 Å². The number of aromatic nitrogens is 4. The average Bonchev–Trinajstić information content (AvgIpc) is 2.89. The van der Waals surface area contributed by atoms with E-state index in [0.717, 1.165) is 5.56 Å². The van der Waals surface area contributed by atoms with Crippen LogP contribution in [-0.2, 0) is 0 Å². The maximum absolute atomic E-state index is 5.30. The standard InChI is InChI=1S/C13H12N4O2S/c1-18-9-4-3-8(7-10(9)19-2)13-15-14-11-5-6-12(20)16-17(11)13/h3-7H,1-2H3,(H,16,20). The molecule has 0 aliphatic carbocycles. The summed E-state index contributed by atoms with van der Waals surface area (Å²) in [4.78, 5) is 0. The Labute approximate surface area is 120 Å². The van der Waals surface area contributed by atoms with Crippen LogP contribution >= 0.6 is 12.2 Å². The molecule has 3 aromatic rings. The number of hydrogen-bond donors (Lipinski definition) is 1. The molecule has 6 nitrogen and oxygen atoms in total. The van der Waals surface area contributed by atoms with Crippen LogP contribution in [0, 0.1) is 4.64 Å². The molecule has 0 spiro atoms. The van der Waals surface area contributed by atoms with E-state index in [1.54, 1.807) is 24.8 Å². The lowest BCUT2D eigenvalue weighted by Gasteiger charge is -2.08. The Hall–Kier alpha value is -2.41. The zero-order valence-electron chi connectivity index (χ0n) is 11.0. The highest BCUT2D eigenvalue weighted by atomic mass is 32.1. The SMILES string of the molecule is COc1ccc(-c2nnc3ccc(=S)[nH]n23)cc1OC. The van der Waals surface area contributed by atoms with Crippen LogP contribution in [0.1, 0.15) is 0 Å². The maximum atomic E-state index is 5.30. The van der Waals surface area contributed by atoms with E-state index in [0.29, 0.717) is 27.6 Å². The molecule has 102 valence electrons. The first-order valence-corrected chi connectivity index (χ1v) is 6.30. The number of fused-ring (bicyclic) bond motifs is 1. The van der Waals surface area contributed by atoms with Crippen LogP contribution < -0.4 is 9.47 Å². The van der Waals surface area contributed by atoms with Gasteiger partial charge in [-0.15, -0.1) is 10.2 Å². The second-order valence-electron chi connectivity index (χ2n) is 4.10. The van der Waals surface area contributed by atoms with Crippen molar-refractivity contribution in [2.24, 2.45) is 0 Å². The molecule has 0 amide bonds. The molecule has 0 saturated heterocycles. The Morgan fingerprint density at radius 2 is 1.85 bits per heavy atom. The number of benzene rings is 1. The summed E-state index contributed by atoms with van der Waals surface area (Å²) in [5.74, 6) is 1.96. The van der Waals surface area contributed by atoms with Gasteiger partial charge in [0, 0.05) is 5.56 Å². The van der Waals surface area contributed by atoms with Crippen molar-refractivity contribution < 1.29 is 9.47 Å². The van der Waals surface area contributed by atoms with E-state index in [-0.39, 0.29) is 0 Å². The lowest BCUT2D eigenvalue weighted by molar-refractivity contribution is 0.355. The highest BCUT2D eigenvalue weighted by Crippen LogP contribution is 2.31. The lowest BCUT2D eigenvalue weighted by atomic mass is 10.2. The molecule has 2 aromatic heterocycles. The molecule has 7 heteroatoms. The number of methoxy groups -OCH3 is 2. The molecule has 1 aromatic carbocycles. The normalized spacial score (nSPS) is 10.7. The molecule has 0 radical (unpaired) electrons. The summed E-state index contributed by atoms with van der Waals surface area (Å²) in [6, 6.07) is 9.15. The van der Waals surface area contributed by atoms with Crippen molar-refractivity contribution in [3.05, 3.63) is 35.0 Å². The fourth-order valence-corrected chi connectivity index (χ4v) is 2.13. The monoisotopic (exact) mass is 288 g/mol. The summed E-state index contributed by atoms with van der Waals surface area (Å²) in [6.07, 6.45) is 0. The van der Waals surface area contributed by atoms with Gasteiger partial charge < -0.3 is 9.47 Å². The van der Waals surface area contributed by atoms with E-state index in [4.69, 9.17) is 21.7 Å². The number of ether oxygens (including phenoxy) is 2. The quantitative estimate of drug-likeness (QED) is 0.750. The first-order valence-electron chi connectivity index (χ1n) is 5.90. The second kappa shape index (κ2) is 4.93. The first-order chi connectivity index (χ1) is 9.72. The summed E-state index contributed by atoms with van der Waals surface area (Å²) in [5, 5.41) is 11.3. The maximum Gasteiger partial charge on any atom is 0.183 e. The van der Waals surface area contributed by atoms with E-state index in [9.17, 15) is 0 Å². The molecule has 0 unspecified atom stereocenters. The number of aromatic amines is 1. The van der Waals surface area contributed by atoms with Crippen LogP contribution in [0.3, 0.4) is 0 Å². The van der Waals surface area contributed by atoms with Gasteiger partial charge in [0.05, 0.1) is 14.2 Å². The van der Waals surface area contributed by atoms with Gasteiger partial charge in [-0.3, -0.25) is 5.10 Å². The minimum Gasteiger partial charge on any atom is -0.493 e. The van der Waals surface area contributed by atoms with Crippen molar-refractivity contribution in [1.29, 1.82) is 0 Å². The molecule has 20 heavy (non-hydrogen) atoms. The molecule has 0 aliphatic rings. The number of nitrogens with one attached hydrogen (secondary N) is 1. The Balaban J connectivity index is 2.20. The van der Waals surface area contributed by atoms with Gasteiger partial charge in [0.15, 0.2) is 23.0 Å². The Bertz CT molecular complexity index is 825. The lowest BCUT2D eigenvalue weighted by Crippen LogP contribution is -1.96. The third kappa shape index (κ3) is 2.01. The molecule has 0 fully saturated rings. The topological polar surface area (TPSA) is 64.4 Å². The van der Waals surface area contributed by atoms with Gasteiger partial charge in [0.25, 0.3) is 0 Å². The summed E-state index contributed by atoms with van der Waals surface area (Å²) >= 11 is 5.13. The third-order valence-corrected chi connectivity index (χ3v) is 3.16. The highest BCUT2D eigenvalue weighted by Gasteiger charge is 2.11. The fourth-order valence-electron chi connectivity index (χ4n) is 1.97. The van der Waals surface area contributed by atoms with E-state index in [2.05, 4.69) is 15.3 Å². The third-order valence-electron chi connectivity index (χ3n) is 2.94. The number of H-pyrrole nitrogens is 1. The van der Waals surface area contributed by atoms with Crippen LogP contribution in [-0.4, -0.2) is 34.0 Å². The van der Waals surface area contributed by atoms with Gasteiger partial charge >= 0.3 is 0 Å². The highest BCUT2D eigenvalue weighted by molar-refractivity contribution is 7.71. The smallest absolute Gasteiger partial charge is 0.183 e. The zero-order valence-corrected chi connectivity index (χ0v) is 11.8. The molecule has 0 atom stereocenters. The molecular weight excluding hydrogens is 276 g/mol. The zero-order chi connectivity index (χ0) is 14.1. The van der Waals surface area contributed by atoms with E-state index in [1.807, 2.05) is 24.3 Å². The number of rotatable bonds is 3. The van der Waals surface area contributed by atoms with E-state index in [1.165, 1.54) is 0 Å². The van der Waals surface area contributed by atoms with Crippen LogP contribution in [0.15, 0.2) is 30.3 Å². The van der Waals surface area contributed by atoms with Crippen molar-refractivity contribution in [3.8, 4) is 22.9 Å². The molecular formula is C13H12N4O2S. The van der Waals surface area contributed by atoms with Gasteiger partial charge in [-0.05, 0) is 30.3 Å². The molecule has 0 aliphatic heterocycles. The van der Waals surface area contributed by atoms with Crippen molar-refractivity contribution >= 4 is 17.9 Å². The summed E-state index contributed by atoms with van der Waals surface area (Å²) in [6.45, 7) is 0. The van der Waals surface area contributed by atoms with Crippen LogP contribution in [0.4, 0.5) is 0 Å². The van der Waals surface area contributed by atoms with Gasteiger partial charge in [0.2, 0.25) is 0 Å². The summed E-state index contributed by atoms with van der Waals surface area (Å²) in [7, 11) is 3.19. The predicted molar refractivity (Wildman–Crippen MR) is 76.7 cm³/mol. The Kier molecular flexibility index (Phi) is 3.11. The van der Waals surface area contributed by atoms with Crippen LogP contribution in [0.5, 0.6) is 11.5 Å². The van der Waals surface area contributed by atoms with E-state index >= 15 is 0 Å². The summed E-state index contributed by atoms with van der Waals surface area (Å²) < 4.78 is 12.9. The fraction of sp³-hybridized carbons (Fsp3) is 0.154. The number of nitrogens with zero attached hydrogens (tertiary/aromatic N) is 3. The predicted octanol–water partition coefficient (Wildman–Crippen LogP) is 2.47. The first kappa shape index (κ1) is 12.6. The molecule has 0 saturated carbocycles. The second-order valence-corrected chi connectivity index (χ2v) is 4.54. The van der Waals surface area contributed by atoms with Crippen molar-refractivity contribution in [1.82, 2.24) is 19.8 Å². The minimum atomic E-state index is 0.610. The molecule has 3 rings (SSSR count). The van der Waals surface area contributed by atoms with Gasteiger partial charge in [-0.25, -0.2) is 4.52 Å². The van der Waals surface area contributed by atoms with Crippen molar-refractivity contribution in [3.63, 3.8) is 0 Å². The molecule has 0 bridgehead atoms. The minimum absolute atomic E-state index is 0.610. The Morgan fingerprint density at radius 3 is 2.60 bits per heavy atom. The van der Waals surface area contributed by atoms with Gasteiger partial charge in [-0.2, -0.15) is 0 Å². The van der Waals surface area contributed by atoms with Gasteiger partial charge in [0.1, 0.15) is 4.64 Å². The van der Waals surface area contributed by atoms with E-state index < -0.39 is 0 Å². The largest absolute Gasteiger partial charge is 0.493 e. The summed E-state index contributed by atoms with van der Waals surface area (Å²) in [5.41, 5.74) is 1.55. The van der Waals surface area contributed by atoms with Crippen molar-refractivity contribution in [2.45, 2.75) is 0 Å². The molecule has 1 N–H and O–H groups in total. The van der Waals surface area contributed by atoms with Gasteiger partial charge in [-0.1, -0.05) is 12.2 Å². The van der Waals surface area contributed by atoms with Crippen LogP contribution in [0.2, 0.25) is 0 Å². The Morgan fingerprint density at radius 1 is 1.05 bits per heavy atom. The number of hydrogen-bond acceptors (Lipinski definition) is 5. The average molecular weight is 288 g/mol. The molecule has 2 heterocycles. The van der Waals surface area contributed by atoms with Crippen molar-refractivity contribution in [2.75, 3.05) is 14.2 Å².